The molecule has 3 aromatic carbocycles. The second-order valence-electron chi connectivity index (χ2n) is 8.52. The number of aromatic carboxylic acids is 1. The molecule has 0 saturated carbocycles. The number of carboxylic acids is 1. The number of sulfonamides is 1. The van der Waals surface area contributed by atoms with Crippen LogP contribution in [0, 0.1) is 6.92 Å². The average Bonchev–Trinajstić information content (AvgIpc) is 3.53. The maximum atomic E-state index is 14.0. The maximum Gasteiger partial charge on any atom is 0.336 e. The van der Waals surface area contributed by atoms with Crippen molar-refractivity contribution in [2.75, 3.05) is 4.31 Å². The van der Waals surface area contributed by atoms with Crippen molar-refractivity contribution in [1.29, 1.82) is 0 Å². The molecule has 0 radical (unpaired) electrons. The molecule has 0 aliphatic carbocycles. The lowest BCUT2D eigenvalue weighted by atomic mass is 10.1. The molecule has 0 unspecified atom stereocenters. The fraction of sp³-hybridized carbons (Fsp3) is 0.143. The highest BCUT2D eigenvalue weighted by Crippen LogP contribution is 2.32. The van der Waals surface area contributed by atoms with E-state index in [0.717, 1.165) is 10.9 Å². The van der Waals surface area contributed by atoms with Gasteiger partial charge in [0.05, 0.1) is 29.0 Å². The van der Waals surface area contributed by atoms with Gasteiger partial charge in [0.2, 0.25) is 5.89 Å². The quantitative estimate of drug-likeness (QED) is 0.267. The van der Waals surface area contributed by atoms with Crippen molar-refractivity contribution in [3.05, 3.63) is 102 Å². The van der Waals surface area contributed by atoms with Crippen LogP contribution in [0.15, 0.2) is 92.8 Å². The van der Waals surface area contributed by atoms with Crippen LogP contribution in [0.5, 0.6) is 0 Å². The molecule has 188 valence electrons. The van der Waals surface area contributed by atoms with Gasteiger partial charge in [-0.3, -0.25) is 4.31 Å². The largest absolute Gasteiger partial charge is 0.478 e. The predicted octanol–water partition coefficient (Wildman–Crippen LogP) is 6.05. The molecular weight excluding hydrogens is 492 g/mol. The summed E-state index contributed by atoms with van der Waals surface area (Å²) in [4.78, 5) is 16.3. The summed E-state index contributed by atoms with van der Waals surface area (Å²) in [7, 11) is -4.20. The van der Waals surface area contributed by atoms with Crippen molar-refractivity contribution in [2.45, 2.75) is 31.7 Å². The number of rotatable bonds is 8. The zero-order chi connectivity index (χ0) is 26.2. The number of aryl methyl sites for hydroxylation is 2. The van der Waals surface area contributed by atoms with Gasteiger partial charge in [-0.2, -0.15) is 0 Å². The molecular formula is C28H24N2O6S. The molecule has 0 aliphatic rings. The van der Waals surface area contributed by atoms with Gasteiger partial charge in [0.15, 0.2) is 0 Å². The summed E-state index contributed by atoms with van der Waals surface area (Å²) in [5, 5.41) is 10.4. The van der Waals surface area contributed by atoms with Crippen LogP contribution in [0.3, 0.4) is 0 Å². The van der Waals surface area contributed by atoms with Gasteiger partial charge in [-0.15, -0.1) is 0 Å². The highest BCUT2D eigenvalue weighted by Gasteiger charge is 2.29. The number of aromatic nitrogens is 1. The van der Waals surface area contributed by atoms with Gasteiger partial charge in [-0.1, -0.05) is 31.2 Å². The number of fused-ring (bicyclic) bond motifs is 1. The minimum Gasteiger partial charge on any atom is -0.478 e. The Morgan fingerprint density at radius 3 is 2.54 bits per heavy atom. The molecule has 0 aliphatic heterocycles. The third-order valence-corrected chi connectivity index (χ3v) is 7.98. The average molecular weight is 517 g/mol. The van der Waals surface area contributed by atoms with E-state index in [-0.39, 0.29) is 17.0 Å². The first-order valence-corrected chi connectivity index (χ1v) is 13.1. The summed E-state index contributed by atoms with van der Waals surface area (Å²) >= 11 is 0. The van der Waals surface area contributed by atoms with E-state index in [0.29, 0.717) is 40.6 Å². The minimum atomic E-state index is -4.20. The number of oxazole rings is 1. The third-order valence-electron chi connectivity index (χ3n) is 6.21. The molecule has 37 heavy (non-hydrogen) atoms. The molecule has 9 heteroatoms. The van der Waals surface area contributed by atoms with Crippen molar-refractivity contribution >= 4 is 32.6 Å². The van der Waals surface area contributed by atoms with E-state index >= 15 is 0 Å². The molecule has 0 fully saturated rings. The predicted molar refractivity (Wildman–Crippen MR) is 139 cm³/mol. The van der Waals surface area contributed by atoms with Crippen LogP contribution in [-0.2, 0) is 23.0 Å². The second kappa shape index (κ2) is 9.59. The zero-order valence-electron chi connectivity index (χ0n) is 20.2. The third kappa shape index (κ3) is 4.61. The number of hydrogen-bond donors (Lipinski definition) is 1. The first-order chi connectivity index (χ1) is 17.8. The van der Waals surface area contributed by atoms with Gasteiger partial charge < -0.3 is 13.9 Å². The lowest BCUT2D eigenvalue weighted by Gasteiger charge is -2.24. The molecule has 0 atom stereocenters. The number of anilines is 1. The molecule has 1 N–H and O–H groups in total. The van der Waals surface area contributed by atoms with Crippen LogP contribution in [-0.4, -0.2) is 24.5 Å². The van der Waals surface area contributed by atoms with Crippen molar-refractivity contribution in [1.82, 2.24) is 4.98 Å². The number of nitrogens with zero attached hydrogens (tertiary/aromatic N) is 2. The van der Waals surface area contributed by atoms with Gasteiger partial charge in [0.1, 0.15) is 17.0 Å². The Balaban J connectivity index is 1.63. The number of carbonyl (C=O) groups is 1. The standard InChI is InChI=1S/C28H24N2O6S/c1-3-19-9-11-23(16-24(19)28(31)32)37(33,34)30(22-10-12-26-21(15-22)13-14-35-26)17-25-18(2)36-27(29-25)20-7-5-4-6-8-20/h4-16H,3,17H2,1-2H3,(H,31,32). The highest BCUT2D eigenvalue weighted by molar-refractivity contribution is 7.92. The summed E-state index contributed by atoms with van der Waals surface area (Å²) in [5.74, 6) is -0.313. The van der Waals surface area contributed by atoms with Crippen molar-refractivity contribution < 1.29 is 27.2 Å². The number of benzene rings is 3. The van der Waals surface area contributed by atoms with E-state index < -0.39 is 16.0 Å². The van der Waals surface area contributed by atoms with E-state index in [9.17, 15) is 18.3 Å². The van der Waals surface area contributed by atoms with Gasteiger partial charge in [0, 0.05) is 10.9 Å². The van der Waals surface area contributed by atoms with Crippen molar-refractivity contribution in [3.8, 4) is 11.5 Å². The first kappa shape index (κ1) is 24.3. The van der Waals surface area contributed by atoms with Crippen LogP contribution in [0.1, 0.15) is 34.3 Å². The second-order valence-corrected chi connectivity index (χ2v) is 10.4. The van der Waals surface area contributed by atoms with E-state index in [4.69, 9.17) is 8.83 Å². The molecule has 5 rings (SSSR count). The highest BCUT2D eigenvalue weighted by atomic mass is 32.2. The molecule has 0 saturated heterocycles. The molecule has 2 aromatic heterocycles. The Labute approximate surface area is 213 Å². The van der Waals surface area contributed by atoms with Gasteiger partial charge >= 0.3 is 5.97 Å². The lowest BCUT2D eigenvalue weighted by Crippen LogP contribution is -2.31. The molecule has 2 heterocycles. The fourth-order valence-electron chi connectivity index (χ4n) is 4.19. The lowest BCUT2D eigenvalue weighted by molar-refractivity contribution is 0.0695. The summed E-state index contributed by atoms with van der Waals surface area (Å²) < 4.78 is 40.6. The fourth-order valence-corrected chi connectivity index (χ4v) is 5.63. The van der Waals surface area contributed by atoms with Crippen LogP contribution in [0.25, 0.3) is 22.4 Å². The molecule has 8 nitrogen and oxygen atoms in total. The molecule has 0 spiro atoms. The van der Waals surface area contributed by atoms with E-state index in [2.05, 4.69) is 4.98 Å². The maximum absolute atomic E-state index is 14.0. The molecule has 0 amide bonds. The Morgan fingerprint density at radius 1 is 1.03 bits per heavy atom. The topological polar surface area (TPSA) is 114 Å². The first-order valence-electron chi connectivity index (χ1n) is 11.7. The summed E-state index contributed by atoms with van der Waals surface area (Å²) in [6, 6.07) is 20.3. The monoisotopic (exact) mass is 516 g/mol. The smallest absolute Gasteiger partial charge is 0.336 e. The normalized spacial score (nSPS) is 11.6. The Kier molecular flexibility index (Phi) is 6.31. The van der Waals surface area contributed by atoms with Crippen LogP contribution in [0.4, 0.5) is 5.69 Å². The Morgan fingerprint density at radius 2 is 1.81 bits per heavy atom. The Hall–Kier alpha value is -4.37. The van der Waals surface area contributed by atoms with Crippen LogP contribution < -0.4 is 4.31 Å². The molecule has 0 bridgehead atoms. The summed E-state index contributed by atoms with van der Waals surface area (Å²) in [6.07, 6.45) is 1.99. The van der Waals surface area contributed by atoms with E-state index in [1.165, 1.54) is 22.7 Å². The van der Waals surface area contributed by atoms with Crippen LogP contribution in [0.2, 0.25) is 0 Å². The van der Waals surface area contributed by atoms with E-state index in [1.54, 1.807) is 37.3 Å². The van der Waals surface area contributed by atoms with Crippen molar-refractivity contribution in [2.24, 2.45) is 0 Å². The minimum absolute atomic E-state index is 0.0437. The van der Waals surface area contributed by atoms with Gasteiger partial charge in [-0.25, -0.2) is 18.2 Å². The van der Waals surface area contributed by atoms with Crippen LogP contribution >= 0.6 is 0 Å². The van der Waals surface area contributed by atoms with E-state index in [1.807, 2.05) is 37.3 Å². The molecule has 5 aromatic rings. The SMILES string of the molecule is CCc1ccc(S(=O)(=O)N(Cc2nc(-c3ccccc3)oc2C)c2ccc3occc3c2)cc1C(=O)O. The van der Waals surface area contributed by atoms with Gasteiger partial charge in [0.25, 0.3) is 10.0 Å². The number of furan rings is 1. The number of hydrogen-bond acceptors (Lipinski definition) is 6. The van der Waals surface area contributed by atoms with Gasteiger partial charge in [-0.05, 0) is 67.4 Å². The van der Waals surface area contributed by atoms with Crippen molar-refractivity contribution in [3.63, 3.8) is 0 Å². The number of carboxylic acid groups (broad SMARTS) is 1. The summed E-state index contributed by atoms with van der Waals surface area (Å²) in [6.45, 7) is 3.43. The Bertz CT molecular complexity index is 1700. The zero-order valence-corrected chi connectivity index (χ0v) is 21.0. The summed E-state index contributed by atoms with van der Waals surface area (Å²) in [5.41, 5.74) is 2.72.